The number of rotatable bonds is 3. The number of carbonyl (C=O) groups is 1. The largest absolute Gasteiger partial charge is 0.478 e. The van der Waals surface area contributed by atoms with Crippen molar-refractivity contribution in [1.82, 2.24) is 0 Å². The molecule has 0 radical (unpaired) electrons. The van der Waals surface area contributed by atoms with Crippen LogP contribution in [0.3, 0.4) is 0 Å². The van der Waals surface area contributed by atoms with Crippen LogP contribution in [0.25, 0.3) is 0 Å². The van der Waals surface area contributed by atoms with Crippen LogP contribution in [0.15, 0.2) is 18.2 Å². The summed E-state index contributed by atoms with van der Waals surface area (Å²) in [6, 6.07) is 4.98. The predicted octanol–water partition coefficient (Wildman–Crippen LogP) is 2.24. The van der Waals surface area contributed by atoms with Crippen molar-refractivity contribution in [3.05, 3.63) is 28.8 Å². The molecule has 0 spiro atoms. The van der Waals surface area contributed by atoms with Crippen molar-refractivity contribution in [1.29, 1.82) is 0 Å². The van der Waals surface area contributed by atoms with Crippen LogP contribution in [0.5, 0.6) is 0 Å². The van der Waals surface area contributed by atoms with Crippen LogP contribution < -0.4 is 5.32 Å². The van der Waals surface area contributed by atoms with Crippen molar-refractivity contribution < 1.29 is 14.6 Å². The molecule has 0 aromatic heterocycles. The molecule has 1 fully saturated rings. The van der Waals surface area contributed by atoms with E-state index < -0.39 is 5.97 Å². The number of hydrogen-bond acceptors (Lipinski definition) is 3. The van der Waals surface area contributed by atoms with Gasteiger partial charge in [-0.3, -0.25) is 0 Å². The summed E-state index contributed by atoms with van der Waals surface area (Å²) in [5.41, 5.74) is 0.784. The highest BCUT2D eigenvalue weighted by Gasteiger charge is 2.18. The monoisotopic (exact) mass is 241 g/mol. The number of ether oxygens (including phenoxy) is 1. The first-order valence-corrected chi connectivity index (χ1v) is 5.42. The molecule has 5 heteroatoms. The van der Waals surface area contributed by atoms with Crippen molar-refractivity contribution >= 4 is 23.3 Å². The quantitative estimate of drug-likeness (QED) is 0.852. The molecule has 0 saturated carbocycles. The van der Waals surface area contributed by atoms with Crippen molar-refractivity contribution in [3.8, 4) is 0 Å². The smallest absolute Gasteiger partial charge is 0.337 e. The summed E-state index contributed by atoms with van der Waals surface area (Å²) in [5, 5.41) is 12.6. The van der Waals surface area contributed by atoms with Crippen LogP contribution in [0.2, 0.25) is 5.02 Å². The zero-order valence-corrected chi connectivity index (χ0v) is 9.33. The molecule has 0 bridgehead atoms. The van der Waals surface area contributed by atoms with Crippen LogP contribution >= 0.6 is 11.6 Å². The van der Waals surface area contributed by atoms with Gasteiger partial charge < -0.3 is 15.2 Å². The standard InChI is InChI=1S/C11H12ClNO3/c12-7-1-2-10(9(5-7)11(14)15)13-8-3-4-16-6-8/h1-2,5,8,13H,3-4,6H2,(H,14,15). The van der Waals surface area contributed by atoms with Crippen LogP contribution in [-0.2, 0) is 4.74 Å². The first kappa shape index (κ1) is 11.2. The average molecular weight is 242 g/mol. The van der Waals surface area contributed by atoms with Gasteiger partial charge in [-0.15, -0.1) is 0 Å². The lowest BCUT2D eigenvalue weighted by Crippen LogP contribution is -2.20. The lowest BCUT2D eigenvalue weighted by Gasteiger charge is -2.14. The molecule has 1 aromatic rings. The maximum Gasteiger partial charge on any atom is 0.337 e. The first-order valence-electron chi connectivity index (χ1n) is 5.04. The van der Waals surface area contributed by atoms with E-state index in [0.717, 1.165) is 6.42 Å². The molecular formula is C11H12ClNO3. The lowest BCUT2D eigenvalue weighted by atomic mass is 10.1. The Hall–Kier alpha value is -1.26. The molecular weight excluding hydrogens is 230 g/mol. The van der Waals surface area contributed by atoms with Gasteiger partial charge in [0.15, 0.2) is 0 Å². The second-order valence-electron chi connectivity index (χ2n) is 3.70. The molecule has 1 saturated heterocycles. The van der Waals surface area contributed by atoms with E-state index in [1.165, 1.54) is 6.07 Å². The maximum absolute atomic E-state index is 11.0. The third kappa shape index (κ3) is 2.46. The van der Waals surface area contributed by atoms with E-state index in [0.29, 0.717) is 23.9 Å². The Bertz CT molecular complexity index is 402. The fourth-order valence-electron chi connectivity index (χ4n) is 1.69. The number of nitrogens with one attached hydrogen (secondary N) is 1. The number of halogens is 1. The Morgan fingerprint density at radius 1 is 1.56 bits per heavy atom. The zero-order chi connectivity index (χ0) is 11.5. The molecule has 1 heterocycles. The van der Waals surface area contributed by atoms with Gasteiger partial charge >= 0.3 is 5.97 Å². The Balaban J connectivity index is 2.21. The lowest BCUT2D eigenvalue weighted by molar-refractivity contribution is 0.0698. The highest BCUT2D eigenvalue weighted by molar-refractivity contribution is 6.31. The molecule has 16 heavy (non-hydrogen) atoms. The van der Waals surface area contributed by atoms with Crippen molar-refractivity contribution in [2.45, 2.75) is 12.5 Å². The normalized spacial score (nSPS) is 19.7. The highest BCUT2D eigenvalue weighted by Crippen LogP contribution is 2.22. The Labute approximate surface area is 98.2 Å². The van der Waals surface area contributed by atoms with E-state index in [-0.39, 0.29) is 11.6 Å². The van der Waals surface area contributed by atoms with E-state index in [1.807, 2.05) is 0 Å². The van der Waals surface area contributed by atoms with Crippen molar-refractivity contribution in [2.24, 2.45) is 0 Å². The van der Waals surface area contributed by atoms with Gasteiger partial charge in [-0.2, -0.15) is 0 Å². The fourth-order valence-corrected chi connectivity index (χ4v) is 1.86. The van der Waals surface area contributed by atoms with Gasteiger partial charge in [-0.05, 0) is 24.6 Å². The van der Waals surface area contributed by atoms with Gasteiger partial charge in [0.05, 0.1) is 18.2 Å². The number of carboxylic acid groups (broad SMARTS) is 1. The maximum atomic E-state index is 11.0. The number of hydrogen-bond donors (Lipinski definition) is 2. The third-order valence-electron chi connectivity index (χ3n) is 2.50. The van der Waals surface area contributed by atoms with Gasteiger partial charge in [-0.1, -0.05) is 11.6 Å². The number of anilines is 1. The zero-order valence-electron chi connectivity index (χ0n) is 8.57. The summed E-state index contributed by atoms with van der Waals surface area (Å²) >= 11 is 5.76. The van der Waals surface area contributed by atoms with E-state index in [9.17, 15) is 4.79 Å². The summed E-state index contributed by atoms with van der Waals surface area (Å²) < 4.78 is 5.22. The first-order chi connectivity index (χ1) is 7.66. The summed E-state index contributed by atoms with van der Waals surface area (Å²) in [5.74, 6) is -0.982. The van der Waals surface area contributed by atoms with Gasteiger partial charge in [0.25, 0.3) is 0 Å². The number of aromatic carboxylic acids is 1. The SMILES string of the molecule is O=C(O)c1cc(Cl)ccc1NC1CCOC1. The Kier molecular flexibility index (Phi) is 3.31. The molecule has 1 atom stereocenters. The second-order valence-corrected chi connectivity index (χ2v) is 4.14. The van der Waals surface area contributed by atoms with Gasteiger partial charge in [-0.25, -0.2) is 4.79 Å². The Morgan fingerprint density at radius 2 is 2.38 bits per heavy atom. The van der Waals surface area contributed by atoms with Crippen molar-refractivity contribution in [3.63, 3.8) is 0 Å². The average Bonchev–Trinajstić information content (AvgIpc) is 2.73. The van der Waals surface area contributed by atoms with Crippen LogP contribution in [0.4, 0.5) is 5.69 Å². The molecule has 1 aromatic carbocycles. The molecule has 1 aliphatic heterocycles. The van der Waals surface area contributed by atoms with E-state index in [2.05, 4.69) is 5.32 Å². The molecule has 86 valence electrons. The second kappa shape index (κ2) is 4.72. The summed E-state index contributed by atoms with van der Waals surface area (Å²) in [6.45, 7) is 1.33. The van der Waals surface area contributed by atoms with E-state index in [1.54, 1.807) is 12.1 Å². The molecule has 4 nitrogen and oxygen atoms in total. The van der Waals surface area contributed by atoms with Crippen molar-refractivity contribution in [2.75, 3.05) is 18.5 Å². The van der Waals surface area contributed by atoms with Gasteiger partial charge in [0, 0.05) is 17.3 Å². The predicted molar refractivity (Wildman–Crippen MR) is 61.3 cm³/mol. The third-order valence-corrected chi connectivity index (χ3v) is 2.74. The minimum absolute atomic E-state index is 0.180. The number of benzene rings is 1. The van der Waals surface area contributed by atoms with Gasteiger partial charge in [0.2, 0.25) is 0 Å². The molecule has 0 amide bonds. The highest BCUT2D eigenvalue weighted by atomic mass is 35.5. The minimum atomic E-state index is -0.982. The summed E-state index contributed by atoms with van der Waals surface area (Å²) in [7, 11) is 0. The van der Waals surface area contributed by atoms with E-state index >= 15 is 0 Å². The molecule has 0 aliphatic carbocycles. The molecule has 1 aliphatic rings. The fraction of sp³-hybridized carbons (Fsp3) is 0.364. The van der Waals surface area contributed by atoms with E-state index in [4.69, 9.17) is 21.4 Å². The van der Waals surface area contributed by atoms with Crippen LogP contribution in [0.1, 0.15) is 16.8 Å². The molecule has 2 N–H and O–H groups in total. The van der Waals surface area contributed by atoms with Crippen LogP contribution in [0, 0.1) is 0 Å². The molecule has 1 unspecified atom stereocenters. The topological polar surface area (TPSA) is 58.6 Å². The van der Waals surface area contributed by atoms with Gasteiger partial charge in [0.1, 0.15) is 0 Å². The van der Waals surface area contributed by atoms with Crippen LogP contribution in [-0.4, -0.2) is 30.3 Å². The summed E-state index contributed by atoms with van der Waals surface area (Å²) in [6.07, 6.45) is 0.891. The Morgan fingerprint density at radius 3 is 3.00 bits per heavy atom. The summed E-state index contributed by atoms with van der Waals surface area (Å²) in [4.78, 5) is 11.0. The minimum Gasteiger partial charge on any atom is -0.478 e. The number of carboxylic acids is 1. The molecule has 2 rings (SSSR count).